The van der Waals surface area contributed by atoms with E-state index in [1.54, 1.807) is 0 Å². The molecule has 1 aromatic heterocycles. The van der Waals surface area contributed by atoms with Crippen LogP contribution in [0.4, 0.5) is 0 Å². The summed E-state index contributed by atoms with van der Waals surface area (Å²) in [6.07, 6.45) is 2.00. The van der Waals surface area contributed by atoms with E-state index in [0.29, 0.717) is 0 Å². The zero-order chi connectivity index (χ0) is 37.1. The summed E-state index contributed by atoms with van der Waals surface area (Å²) < 4.78 is 2.42. The molecule has 2 heterocycles. The van der Waals surface area contributed by atoms with E-state index in [-0.39, 0.29) is 0 Å². The number of benzene rings is 8. The molecule has 0 spiro atoms. The van der Waals surface area contributed by atoms with E-state index in [1.807, 2.05) is 12.3 Å². The van der Waals surface area contributed by atoms with Gasteiger partial charge in [-0.25, -0.2) is 4.99 Å². The summed E-state index contributed by atoms with van der Waals surface area (Å²) in [5.74, 6) is 0.881. The molecule has 2 aliphatic rings. The van der Waals surface area contributed by atoms with Crippen molar-refractivity contribution in [2.75, 3.05) is 6.54 Å². The first-order valence-electron chi connectivity index (χ1n) is 19.3. The first kappa shape index (κ1) is 32.2. The molecule has 56 heavy (non-hydrogen) atoms. The lowest BCUT2D eigenvalue weighted by atomic mass is 9.67. The SMILES string of the molecule is C1=C(c2ccccc2)CNC(c2cccc(-n3c4ccccc4c4c(-c5cccc6c5-c5ccccc5C6(c5ccccc5)c5ccccc5)cccc43)c2)=N1. The Balaban J connectivity index is 1.12. The molecule has 11 rings (SSSR count). The van der Waals surface area contributed by atoms with Crippen LogP contribution >= 0.6 is 0 Å². The lowest BCUT2D eigenvalue weighted by Crippen LogP contribution is -2.28. The van der Waals surface area contributed by atoms with E-state index >= 15 is 0 Å². The molecule has 0 atom stereocenters. The highest BCUT2D eigenvalue weighted by atomic mass is 15.0. The van der Waals surface area contributed by atoms with Crippen molar-refractivity contribution in [1.29, 1.82) is 0 Å². The topological polar surface area (TPSA) is 29.3 Å². The summed E-state index contributed by atoms with van der Waals surface area (Å²) in [6, 6.07) is 72.9. The first-order chi connectivity index (χ1) is 27.8. The number of hydrogen-bond acceptors (Lipinski definition) is 2. The second-order valence-electron chi connectivity index (χ2n) is 14.7. The van der Waals surface area contributed by atoms with Gasteiger partial charge in [-0.2, -0.15) is 0 Å². The normalized spacial score (nSPS) is 14.1. The lowest BCUT2D eigenvalue weighted by Gasteiger charge is -2.34. The van der Waals surface area contributed by atoms with Crippen LogP contribution in [0.3, 0.4) is 0 Å². The Labute approximate surface area is 326 Å². The van der Waals surface area contributed by atoms with E-state index < -0.39 is 5.41 Å². The number of nitrogens with one attached hydrogen (secondary N) is 1. The maximum atomic E-state index is 4.90. The number of aliphatic imine (C=N–C) groups is 1. The van der Waals surface area contributed by atoms with Crippen molar-refractivity contribution in [2.24, 2.45) is 4.99 Å². The summed E-state index contributed by atoms with van der Waals surface area (Å²) in [5, 5.41) is 6.08. The van der Waals surface area contributed by atoms with Crippen LogP contribution in [0, 0.1) is 0 Å². The highest BCUT2D eigenvalue weighted by molar-refractivity contribution is 6.17. The Kier molecular flexibility index (Phi) is 7.46. The van der Waals surface area contributed by atoms with Gasteiger partial charge in [0.15, 0.2) is 0 Å². The highest BCUT2D eigenvalue weighted by Crippen LogP contribution is 2.58. The molecule has 3 heteroatoms. The molecule has 264 valence electrons. The minimum atomic E-state index is -0.459. The molecule has 0 fully saturated rings. The molecular weight excluding hydrogens is 679 g/mol. The standard InChI is InChI=1S/C53H37N3/c1-4-17-36(18-5-1)38-34-54-52(55-35-38)37-19-14-24-41(33-37)56-48-31-13-11-26-45(48)51-43(28-16-32-49(51)56)42-27-15-30-47-50(42)44-25-10-12-29-46(44)53(47,39-20-6-2-7-21-39)40-22-8-3-9-23-40/h1-34H,35H2,(H,54,55). The van der Waals surface area contributed by atoms with Gasteiger partial charge in [0.05, 0.1) is 16.4 Å². The summed E-state index contributed by atoms with van der Waals surface area (Å²) in [5.41, 5.74) is 16.6. The van der Waals surface area contributed by atoms with E-state index in [4.69, 9.17) is 4.99 Å². The Hall–Kier alpha value is -7.23. The third-order valence-electron chi connectivity index (χ3n) is 11.8. The van der Waals surface area contributed by atoms with E-state index in [0.717, 1.165) is 23.6 Å². The zero-order valence-corrected chi connectivity index (χ0v) is 30.7. The van der Waals surface area contributed by atoms with Crippen molar-refractivity contribution >= 4 is 33.2 Å². The number of hydrogen-bond donors (Lipinski definition) is 1. The molecule has 9 aromatic rings. The molecule has 1 aliphatic heterocycles. The van der Waals surface area contributed by atoms with E-state index in [1.165, 1.54) is 77.5 Å². The van der Waals surface area contributed by atoms with Gasteiger partial charge in [-0.1, -0.05) is 176 Å². The van der Waals surface area contributed by atoms with Crippen LogP contribution in [0.25, 0.3) is 55.3 Å². The van der Waals surface area contributed by atoms with Crippen LogP contribution in [-0.4, -0.2) is 16.9 Å². The van der Waals surface area contributed by atoms with Crippen LogP contribution in [0.15, 0.2) is 211 Å². The minimum absolute atomic E-state index is 0.459. The van der Waals surface area contributed by atoms with Crippen molar-refractivity contribution in [2.45, 2.75) is 5.41 Å². The van der Waals surface area contributed by atoms with Gasteiger partial charge in [0.1, 0.15) is 5.84 Å². The molecule has 0 amide bonds. The number of rotatable bonds is 6. The summed E-state index contributed by atoms with van der Waals surface area (Å²) >= 11 is 0. The van der Waals surface area contributed by atoms with Crippen molar-refractivity contribution in [3.63, 3.8) is 0 Å². The average Bonchev–Trinajstić information content (AvgIpc) is 3.79. The van der Waals surface area contributed by atoms with Crippen molar-refractivity contribution < 1.29 is 0 Å². The quantitative estimate of drug-likeness (QED) is 0.182. The average molecular weight is 716 g/mol. The molecule has 0 unspecified atom stereocenters. The number of para-hydroxylation sites is 1. The van der Waals surface area contributed by atoms with Crippen molar-refractivity contribution in [3.05, 3.63) is 240 Å². The monoisotopic (exact) mass is 715 g/mol. The van der Waals surface area contributed by atoms with Crippen LogP contribution in [-0.2, 0) is 5.41 Å². The van der Waals surface area contributed by atoms with Crippen molar-refractivity contribution in [3.8, 4) is 27.9 Å². The Morgan fingerprint density at radius 3 is 1.84 bits per heavy atom. The van der Waals surface area contributed by atoms with Gasteiger partial charge >= 0.3 is 0 Å². The van der Waals surface area contributed by atoms with Gasteiger partial charge < -0.3 is 9.88 Å². The zero-order valence-electron chi connectivity index (χ0n) is 30.7. The molecule has 0 saturated heterocycles. The predicted octanol–water partition coefficient (Wildman–Crippen LogP) is 12.2. The Morgan fingerprint density at radius 1 is 0.482 bits per heavy atom. The van der Waals surface area contributed by atoms with Gasteiger partial charge in [-0.3, -0.25) is 0 Å². The third kappa shape index (κ3) is 4.81. The fraction of sp³-hybridized carbons (Fsp3) is 0.0377. The second kappa shape index (κ2) is 13.0. The molecule has 0 radical (unpaired) electrons. The molecule has 3 nitrogen and oxygen atoms in total. The summed E-state index contributed by atoms with van der Waals surface area (Å²) in [7, 11) is 0. The number of amidine groups is 1. The molecular formula is C53H37N3. The lowest BCUT2D eigenvalue weighted by molar-refractivity contribution is 0.768. The van der Waals surface area contributed by atoms with Crippen LogP contribution in [0.1, 0.15) is 33.4 Å². The van der Waals surface area contributed by atoms with Gasteiger partial charge in [0, 0.05) is 34.8 Å². The highest BCUT2D eigenvalue weighted by Gasteiger charge is 2.46. The third-order valence-corrected chi connectivity index (χ3v) is 11.8. The minimum Gasteiger partial charge on any atom is -0.365 e. The van der Waals surface area contributed by atoms with Gasteiger partial charge in [-0.15, -0.1) is 0 Å². The molecule has 1 aliphatic carbocycles. The van der Waals surface area contributed by atoms with Crippen LogP contribution in [0.5, 0.6) is 0 Å². The Morgan fingerprint density at radius 2 is 1.07 bits per heavy atom. The largest absolute Gasteiger partial charge is 0.365 e. The first-order valence-corrected chi connectivity index (χ1v) is 19.3. The van der Waals surface area contributed by atoms with Crippen LogP contribution in [0.2, 0.25) is 0 Å². The number of aromatic nitrogens is 1. The molecule has 1 N–H and O–H groups in total. The fourth-order valence-electron chi connectivity index (χ4n) is 9.45. The van der Waals surface area contributed by atoms with Gasteiger partial charge in [0.25, 0.3) is 0 Å². The Bertz CT molecular complexity index is 2970. The van der Waals surface area contributed by atoms with E-state index in [9.17, 15) is 0 Å². The molecule has 0 bridgehead atoms. The molecule has 0 saturated carbocycles. The summed E-state index contributed by atoms with van der Waals surface area (Å²) in [4.78, 5) is 4.90. The summed E-state index contributed by atoms with van der Waals surface area (Å²) in [6.45, 7) is 0.728. The number of fused-ring (bicyclic) bond motifs is 6. The van der Waals surface area contributed by atoms with Crippen LogP contribution < -0.4 is 5.32 Å². The predicted molar refractivity (Wildman–Crippen MR) is 232 cm³/mol. The number of nitrogens with zero attached hydrogens (tertiary/aromatic N) is 2. The maximum Gasteiger partial charge on any atom is 0.133 e. The molecule has 8 aromatic carbocycles. The second-order valence-corrected chi connectivity index (χ2v) is 14.7. The van der Waals surface area contributed by atoms with E-state index in [2.05, 4.69) is 204 Å². The van der Waals surface area contributed by atoms with Crippen molar-refractivity contribution in [1.82, 2.24) is 9.88 Å². The maximum absolute atomic E-state index is 4.90. The van der Waals surface area contributed by atoms with Gasteiger partial charge in [-0.05, 0) is 79.9 Å². The fourth-order valence-corrected chi connectivity index (χ4v) is 9.45. The van der Waals surface area contributed by atoms with Gasteiger partial charge in [0.2, 0.25) is 0 Å². The smallest absolute Gasteiger partial charge is 0.133 e.